The Kier molecular flexibility index (Phi) is 4.75. The van der Waals surface area contributed by atoms with E-state index in [0.717, 1.165) is 17.0 Å². The lowest BCUT2D eigenvalue weighted by atomic mass is 9.99. The first-order valence-electron chi connectivity index (χ1n) is 4.58. The standard InChI is InChI=1S/C11H13BrCl2/c1-7(8(2)12)5-9-3-4-10(13)6-11(9)14/h3-4,6-8H,5H2,1-2H3. The van der Waals surface area contributed by atoms with Gasteiger partial charge in [-0.1, -0.05) is 59.0 Å². The van der Waals surface area contributed by atoms with Gasteiger partial charge in [0.1, 0.15) is 0 Å². The van der Waals surface area contributed by atoms with Gasteiger partial charge in [-0.25, -0.2) is 0 Å². The molecule has 2 atom stereocenters. The number of benzene rings is 1. The third kappa shape index (κ3) is 3.45. The van der Waals surface area contributed by atoms with Crippen molar-refractivity contribution in [1.82, 2.24) is 0 Å². The van der Waals surface area contributed by atoms with Gasteiger partial charge in [-0.05, 0) is 30.0 Å². The highest BCUT2D eigenvalue weighted by molar-refractivity contribution is 9.09. The van der Waals surface area contributed by atoms with E-state index in [4.69, 9.17) is 23.2 Å². The number of hydrogen-bond acceptors (Lipinski definition) is 0. The number of halogens is 3. The highest BCUT2D eigenvalue weighted by atomic mass is 79.9. The van der Waals surface area contributed by atoms with Gasteiger partial charge in [0, 0.05) is 14.9 Å². The van der Waals surface area contributed by atoms with Crippen LogP contribution in [0.25, 0.3) is 0 Å². The van der Waals surface area contributed by atoms with E-state index in [2.05, 4.69) is 29.8 Å². The Balaban J connectivity index is 2.77. The molecule has 0 aliphatic carbocycles. The van der Waals surface area contributed by atoms with Crippen LogP contribution in [0, 0.1) is 5.92 Å². The molecule has 0 amide bonds. The van der Waals surface area contributed by atoms with E-state index in [0.29, 0.717) is 15.8 Å². The molecular formula is C11H13BrCl2. The summed E-state index contributed by atoms with van der Waals surface area (Å²) in [5.74, 6) is 0.564. The maximum absolute atomic E-state index is 6.08. The second-order valence-electron chi connectivity index (χ2n) is 3.59. The molecular weight excluding hydrogens is 283 g/mol. The van der Waals surface area contributed by atoms with Crippen LogP contribution in [0.3, 0.4) is 0 Å². The molecule has 0 aliphatic rings. The predicted octanol–water partition coefficient (Wildman–Crippen LogP) is 4.96. The molecule has 0 N–H and O–H groups in total. The summed E-state index contributed by atoms with van der Waals surface area (Å²) in [5.41, 5.74) is 1.16. The highest BCUT2D eigenvalue weighted by Crippen LogP contribution is 2.25. The van der Waals surface area contributed by atoms with Gasteiger partial charge in [0.15, 0.2) is 0 Å². The van der Waals surface area contributed by atoms with E-state index < -0.39 is 0 Å². The fourth-order valence-corrected chi connectivity index (χ4v) is 1.87. The molecule has 1 aromatic carbocycles. The van der Waals surface area contributed by atoms with Crippen molar-refractivity contribution in [2.75, 3.05) is 0 Å². The van der Waals surface area contributed by atoms with E-state index in [1.54, 1.807) is 6.07 Å². The van der Waals surface area contributed by atoms with E-state index in [-0.39, 0.29) is 0 Å². The molecule has 1 rings (SSSR count). The summed E-state index contributed by atoms with van der Waals surface area (Å²) in [7, 11) is 0. The van der Waals surface area contributed by atoms with Crippen molar-refractivity contribution in [2.24, 2.45) is 5.92 Å². The molecule has 14 heavy (non-hydrogen) atoms. The van der Waals surface area contributed by atoms with Crippen molar-refractivity contribution < 1.29 is 0 Å². The quantitative estimate of drug-likeness (QED) is 0.692. The average Bonchev–Trinajstić information content (AvgIpc) is 2.09. The molecule has 0 aliphatic heterocycles. The molecule has 0 saturated heterocycles. The molecule has 0 spiro atoms. The topological polar surface area (TPSA) is 0 Å². The van der Waals surface area contributed by atoms with Crippen molar-refractivity contribution in [2.45, 2.75) is 25.1 Å². The van der Waals surface area contributed by atoms with E-state index in [9.17, 15) is 0 Å². The third-order valence-corrected chi connectivity index (χ3v) is 3.83. The SMILES string of the molecule is CC(Br)C(C)Cc1ccc(Cl)cc1Cl. The Labute approximate surface area is 104 Å². The minimum absolute atomic E-state index is 0.495. The average molecular weight is 296 g/mol. The van der Waals surface area contributed by atoms with E-state index in [1.807, 2.05) is 12.1 Å². The minimum Gasteiger partial charge on any atom is -0.0891 e. The Morgan fingerprint density at radius 2 is 1.93 bits per heavy atom. The lowest BCUT2D eigenvalue weighted by Gasteiger charge is -2.14. The van der Waals surface area contributed by atoms with Crippen LogP contribution in [0.5, 0.6) is 0 Å². The summed E-state index contributed by atoms with van der Waals surface area (Å²) in [6.45, 7) is 4.35. The van der Waals surface area contributed by atoms with Crippen molar-refractivity contribution in [3.63, 3.8) is 0 Å². The lowest BCUT2D eigenvalue weighted by molar-refractivity contribution is 0.581. The molecule has 0 aromatic heterocycles. The van der Waals surface area contributed by atoms with Crippen LogP contribution in [0.1, 0.15) is 19.4 Å². The molecule has 0 fully saturated rings. The minimum atomic E-state index is 0.495. The first-order chi connectivity index (χ1) is 6.50. The van der Waals surface area contributed by atoms with Gasteiger partial charge < -0.3 is 0 Å². The third-order valence-electron chi connectivity index (χ3n) is 2.34. The fraction of sp³-hybridized carbons (Fsp3) is 0.455. The number of hydrogen-bond donors (Lipinski definition) is 0. The predicted molar refractivity (Wildman–Crippen MR) is 67.7 cm³/mol. The zero-order chi connectivity index (χ0) is 10.7. The van der Waals surface area contributed by atoms with Crippen molar-refractivity contribution in [1.29, 1.82) is 0 Å². The highest BCUT2D eigenvalue weighted by Gasteiger charge is 2.11. The van der Waals surface area contributed by atoms with Crippen LogP contribution in [0.15, 0.2) is 18.2 Å². The van der Waals surface area contributed by atoms with Gasteiger partial charge in [0.25, 0.3) is 0 Å². The molecule has 3 heteroatoms. The second kappa shape index (κ2) is 5.39. The van der Waals surface area contributed by atoms with Gasteiger partial charge in [-0.15, -0.1) is 0 Å². The maximum atomic E-state index is 6.08. The Morgan fingerprint density at radius 1 is 1.29 bits per heavy atom. The molecule has 2 unspecified atom stereocenters. The fourth-order valence-electron chi connectivity index (χ4n) is 1.20. The lowest BCUT2D eigenvalue weighted by Crippen LogP contribution is -2.09. The van der Waals surface area contributed by atoms with E-state index >= 15 is 0 Å². The van der Waals surface area contributed by atoms with Crippen molar-refractivity contribution in [3.05, 3.63) is 33.8 Å². The van der Waals surface area contributed by atoms with Gasteiger partial charge >= 0.3 is 0 Å². The number of alkyl halides is 1. The molecule has 0 nitrogen and oxygen atoms in total. The zero-order valence-electron chi connectivity index (χ0n) is 8.23. The summed E-state index contributed by atoms with van der Waals surface area (Å²) in [4.78, 5) is 0.495. The molecule has 0 heterocycles. The molecule has 0 radical (unpaired) electrons. The van der Waals surface area contributed by atoms with Gasteiger partial charge in [0.05, 0.1) is 0 Å². The van der Waals surface area contributed by atoms with Gasteiger partial charge in [0.2, 0.25) is 0 Å². The van der Waals surface area contributed by atoms with Crippen LogP contribution in [-0.4, -0.2) is 4.83 Å². The van der Waals surface area contributed by atoms with Gasteiger partial charge in [-0.2, -0.15) is 0 Å². The summed E-state index contributed by atoms with van der Waals surface area (Å²) in [6.07, 6.45) is 0.975. The van der Waals surface area contributed by atoms with E-state index in [1.165, 1.54) is 0 Å². The summed E-state index contributed by atoms with van der Waals surface area (Å²) >= 11 is 15.5. The van der Waals surface area contributed by atoms with Crippen molar-refractivity contribution >= 4 is 39.1 Å². The molecule has 0 bridgehead atoms. The second-order valence-corrected chi connectivity index (χ2v) is 5.88. The van der Waals surface area contributed by atoms with Crippen LogP contribution >= 0.6 is 39.1 Å². The molecule has 0 saturated carbocycles. The van der Waals surface area contributed by atoms with Crippen LogP contribution in [-0.2, 0) is 6.42 Å². The Hall–Kier alpha value is 0.280. The van der Waals surface area contributed by atoms with Crippen molar-refractivity contribution in [3.8, 4) is 0 Å². The molecule has 78 valence electrons. The van der Waals surface area contributed by atoms with Crippen LogP contribution in [0.2, 0.25) is 10.0 Å². The zero-order valence-corrected chi connectivity index (χ0v) is 11.3. The Morgan fingerprint density at radius 3 is 2.43 bits per heavy atom. The first-order valence-corrected chi connectivity index (χ1v) is 6.26. The monoisotopic (exact) mass is 294 g/mol. The molecule has 1 aromatic rings. The first kappa shape index (κ1) is 12.4. The largest absolute Gasteiger partial charge is 0.0891 e. The maximum Gasteiger partial charge on any atom is 0.0452 e. The summed E-state index contributed by atoms with van der Waals surface area (Å²) in [6, 6.07) is 5.68. The van der Waals surface area contributed by atoms with Crippen LogP contribution < -0.4 is 0 Å². The summed E-state index contributed by atoms with van der Waals surface area (Å²) in [5, 5.41) is 1.45. The number of rotatable bonds is 3. The Bertz CT molecular complexity index is 310. The van der Waals surface area contributed by atoms with Crippen LogP contribution in [0.4, 0.5) is 0 Å². The summed E-state index contributed by atoms with van der Waals surface area (Å²) < 4.78 is 0. The normalized spacial score (nSPS) is 15.2. The van der Waals surface area contributed by atoms with Gasteiger partial charge in [-0.3, -0.25) is 0 Å². The smallest absolute Gasteiger partial charge is 0.0452 e.